The van der Waals surface area contributed by atoms with E-state index in [4.69, 9.17) is 9.15 Å². The fourth-order valence-electron chi connectivity index (χ4n) is 4.33. The van der Waals surface area contributed by atoms with Crippen LogP contribution in [0.4, 0.5) is 17.1 Å². The van der Waals surface area contributed by atoms with E-state index in [2.05, 4.69) is 16.1 Å². The van der Waals surface area contributed by atoms with Gasteiger partial charge in [-0.3, -0.25) is 4.79 Å². The van der Waals surface area contributed by atoms with Gasteiger partial charge >= 0.3 is 11.6 Å². The molecule has 7 nitrogen and oxygen atoms in total. The van der Waals surface area contributed by atoms with Crippen molar-refractivity contribution in [3.8, 4) is 5.75 Å². The van der Waals surface area contributed by atoms with E-state index in [0.29, 0.717) is 12.0 Å². The van der Waals surface area contributed by atoms with Crippen molar-refractivity contribution in [1.29, 1.82) is 0 Å². The maximum absolute atomic E-state index is 12.1. The molecule has 7 heteroatoms. The summed E-state index contributed by atoms with van der Waals surface area (Å²) < 4.78 is 15.6. The number of carbonyl (C=O) groups excluding carboxylic acids is 1. The highest BCUT2D eigenvalue weighted by atomic mass is 16.5. The number of para-hydroxylation sites is 1. The van der Waals surface area contributed by atoms with Crippen molar-refractivity contribution in [1.82, 2.24) is 0 Å². The summed E-state index contributed by atoms with van der Waals surface area (Å²) in [5, 5.41) is 4.40. The van der Waals surface area contributed by atoms with Crippen molar-refractivity contribution >= 4 is 34.0 Å². The Morgan fingerprint density at radius 3 is 2.33 bits per heavy atom. The number of esters is 1. The van der Waals surface area contributed by atoms with Crippen LogP contribution < -0.4 is 20.6 Å². The van der Waals surface area contributed by atoms with Crippen LogP contribution in [-0.4, -0.2) is 33.8 Å². The SMILES string of the molecule is COC(=O)CCCCCCCCCCNc1cc(N(C)c2cc(=O)oc3ccccc23)ccc1OC. The van der Waals surface area contributed by atoms with Crippen LogP contribution in [0, 0.1) is 0 Å². The molecule has 1 aromatic heterocycles. The number of carbonyl (C=O) groups is 1. The zero-order valence-electron chi connectivity index (χ0n) is 21.7. The molecule has 3 rings (SSSR count). The first-order chi connectivity index (χ1) is 17.5. The molecule has 0 radical (unpaired) electrons. The summed E-state index contributed by atoms with van der Waals surface area (Å²) in [4.78, 5) is 25.2. The van der Waals surface area contributed by atoms with E-state index < -0.39 is 0 Å². The molecular formula is C29H38N2O5. The average molecular weight is 495 g/mol. The quantitative estimate of drug-likeness (QED) is 0.144. The second kappa shape index (κ2) is 14.2. The number of methoxy groups -OCH3 is 2. The number of nitrogens with one attached hydrogen (secondary N) is 1. The van der Waals surface area contributed by atoms with Crippen molar-refractivity contribution in [2.45, 2.75) is 57.8 Å². The van der Waals surface area contributed by atoms with Crippen LogP contribution in [0.15, 0.2) is 57.7 Å². The monoisotopic (exact) mass is 494 g/mol. The van der Waals surface area contributed by atoms with Crippen LogP contribution in [0.25, 0.3) is 11.0 Å². The van der Waals surface area contributed by atoms with Gasteiger partial charge in [-0.1, -0.05) is 50.7 Å². The second-order valence-corrected chi connectivity index (χ2v) is 8.97. The highest BCUT2D eigenvalue weighted by Gasteiger charge is 2.13. The number of hydrogen-bond acceptors (Lipinski definition) is 7. The van der Waals surface area contributed by atoms with Crippen LogP contribution in [0.2, 0.25) is 0 Å². The molecule has 0 saturated heterocycles. The van der Waals surface area contributed by atoms with E-state index >= 15 is 0 Å². The lowest BCUT2D eigenvalue weighted by Crippen LogP contribution is -2.13. The fraction of sp³-hybridized carbons (Fsp3) is 0.448. The highest BCUT2D eigenvalue weighted by Crippen LogP contribution is 2.34. The Labute approximate surface area is 213 Å². The summed E-state index contributed by atoms with van der Waals surface area (Å²) in [5.74, 6) is 0.675. The molecule has 1 N–H and O–H groups in total. The molecule has 194 valence electrons. The molecule has 3 aromatic rings. The summed E-state index contributed by atoms with van der Waals surface area (Å²) >= 11 is 0. The Kier molecular flexibility index (Phi) is 10.7. The van der Waals surface area contributed by atoms with Gasteiger partial charge in [-0.2, -0.15) is 0 Å². The molecule has 0 aliphatic heterocycles. The van der Waals surface area contributed by atoms with Gasteiger partial charge in [-0.15, -0.1) is 0 Å². The number of unbranched alkanes of at least 4 members (excludes halogenated alkanes) is 7. The lowest BCUT2D eigenvalue weighted by molar-refractivity contribution is -0.140. The van der Waals surface area contributed by atoms with E-state index in [1.54, 1.807) is 13.2 Å². The first-order valence-corrected chi connectivity index (χ1v) is 12.8. The van der Waals surface area contributed by atoms with Gasteiger partial charge in [0, 0.05) is 37.2 Å². The molecule has 0 fully saturated rings. The molecule has 2 aromatic carbocycles. The third-order valence-electron chi connectivity index (χ3n) is 6.41. The van der Waals surface area contributed by atoms with E-state index in [1.807, 2.05) is 42.3 Å². The van der Waals surface area contributed by atoms with E-state index in [-0.39, 0.29) is 11.6 Å². The van der Waals surface area contributed by atoms with Crippen molar-refractivity contribution in [2.24, 2.45) is 0 Å². The Hall–Kier alpha value is -3.48. The molecule has 0 bridgehead atoms. The van der Waals surface area contributed by atoms with Crippen molar-refractivity contribution in [3.05, 3.63) is 59.0 Å². The Morgan fingerprint density at radius 2 is 1.61 bits per heavy atom. The number of anilines is 3. The van der Waals surface area contributed by atoms with Gasteiger partial charge in [-0.05, 0) is 43.2 Å². The molecule has 0 aliphatic rings. The lowest BCUT2D eigenvalue weighted by atomic mass is 10.1. The predicted octanol–water partition coefficient (Wildman–Crippen LogP) is 6.67. The Morgan fingerprint density at radius 1 is 0.917 bits per heavy atom. The Balaban J connectivity index is 1.49. The molecule has 1 heterocycles. The van der Waals surface area contributed by atoms with Crippen LogP contribution >= 0.6 is 0 Å². The summed E-state index contributed by atoms with van der Waals surface area (Å²) in [7, 11) is 5.06. The molecule has 0 unspecified atom stereocenters. The summed E-state index contributed by atoms with van der Waals surface area (Å²) in [6.45, 7) is 0.862. The first-order valence-electron chi connectivity index (χ1n) is 12.8. The van der Waals surface area contributed by atoms with Gasteiger partial charge in [-0.25, -0.2) is 4.79 Å². The molecular weight excluding hydrogens is 456 g/mol. The maximum Gasteiger partial charge on any atom is 0.338 e. The normalized spacial score (nSPS) is 10.9. The van der Waals surface area contributed by atoms with Gasteiger partial charge in [0.2, 0.25) is 0 Å². The van der Waals surface area contributed by atoms with E-state index in [1.165, 1.54) is 45.3 Å². The second-order valence-electron chi connectivity index (χ2n) is 8.97. The van der Waals surface area contributed by atoms with Crippen LogP contribution in [0.1, 0.15) is 57.8 Å². The Bertz CT molecular complexity index is 1170. The number of nitrogens with zero attached hydrogens (tertiary/aromatic N) is 1. The number of ether oxygens (including phenoxy) is 2. The average Bonchev–Trinajstić information content (AvgIpc) is 2.90. The zero-order valence-corrected chi connectivity index (χ0v) is 21.7. The first kappa shape index (κ1) is 27.1. The van der Waals surface area contributed by atoms with Crippen LogP contribution in [0.5, 0.6) is 5.75 Å². The molecule has 0 aliphatic carbocycles. The minimum absolute atomic E-state index is 0.114. The standard InChI is InChI=1S/C29H38N2O5/c1-31(25-21-29(33)36-26-15-12-11-14-23(25)26)22-17-18-27(34-2)24(20-22)30-19-13-9-7-5-4-6-8-10-16-28(32)35-3/h11-12,14-15,17-18,20-21,30H,4-10,13,16,19H2,1-3H3. The van der Waals surface area contributed by atoms with Crippen molar-refractivity contribution in [3.63, 3.8) is 0 Å². The topological polar surface area (TPSA) is 81.0 Å². The van der Waals surface area contributed by atoms with Crippen molar-refractivity contribution in [2.75, 3.05) is 38.0 Å². The van der Waals surface area contributed by atoms with E-state index in [9.17, 15) is 9.59 Å². The lowest BCUT2D eigenvalue weighted by Gasteiger charge is -2.22. The summed E-state index contributed by atoms with van der Waals surface area (Å²) in [6, 6.07) is 15.1. The van der Waals surface area contributed by atoms with Crippen LogP contribution in [-0.2, 0) is 9.53 Å². The third kappa shape index (κ3) is 7.77. The van der Waals surface area contributed by atoms with Gasteiger partial charge in [0.25, 0.3) is 0 Å². The molecule has 0 atom stereocenters. The fourth-order valence-corrected chi connectivity index (χ4v) is 4.33. The zero-order chi connectivity index (χ0) is 25.8. The molecule has 0 saturated carbocycles. The largest absolute Gasteiger partial charge is 0.495 e. The number of hydrogen-bond donors (Lipinski definition) is 1. The smallest absolute Gasteiger partial charge is 0.338 e. The molecule has 36 heavy (non-hydrogen) atoms. The van der Waals surface area contributed by atoms with Crippen LogP contribution in [0.3, 0.4) is 0 Å². The minimum Gasteiger partial charge on any atom is -0.495 e. The van der Waals surface area contributed by atoms with Gasteiger partial charge in [0.15, 0.2) is 0 Å². The highest BCUT2D eigenvalue weighted by molar-refractivity contribution is 5.92. The molecule has 0 spiro atoms. The van der Waals surface area contributed by atoms with Crippen molar-refractivity contribution < 1.29 is 18.7 Å². The number of rotatable bonds is 15. The predicted molar refractivity (Wildman–Crippen MR) is 146 cm³/mol. The summed E-state index contributed by atoms with van der Waals surface area (Å²) in [5.41, 5.74) is 2.87. The van der Waals surface area contributed by atoms with E-state index in [0.717, 1.165) is 54.0 Å². The third-order valence-corrected chi connectivity index (χ3v) is 6.41. The summed E-state index contributed by atoms with van der Waals surface area (Å²) in [6.07, 6.45) is 9.60. The maximum atomic E-state index is 12.1. The van der Waals surface area contributed by atoms with Gasteiger partial charge in [0.1, 0.15) is 11.3 Å². The number of benzene rings is 2. The molecule has 0 amide bonds. The number of fused-ring (bicyclic) bond motifs is 1. The minimum atomic E-state index is -0.372. The van der Waals surface area contributed by atoms with Gasteiger partial charge < -0.3 is 24.1 Å². The van der Waals surface area contributed by atoms with Gasteiger partial charge in [0.05, 0.1) is 25.6 Å².